The van der Waals surface area contributed by atoms with E-state index in [2.05, 4.69) is 5.32 Å². The summed E-state index contributed by atoms with van der Waals surface area (Å²) < 4.78 is 13.7. The minimum Gasteiger partial charge on any atom is -0.480 e. The van der Waals surface area contributed by atoms with Crippen molar-refractivity contribution in [2.45, 2.75) is 25.4 Å². The predicted molar refractivity (Wildman–Crippen MR) is 74.2 cm³/mol. The Morgan fingerprint density at radius 1 is 1.38 bits per heavy atom. The van der Waals surface area contributed by atoms with Crippen LogP contribution in [0.1, 0.15) is 24.9 Å². The Morgan fingerprint density at radius 3 is 2.52 bits per heavy atom. The Kier molecular flexibility index (Phi) is 6.10. The lowest BCUT2D eigenvalue weighted by molar-refractivity contribution is -0.139. The number of hydrogen-bond acceptors (Lipinski definition) is 3. The molecular formula is C14H19FN2O4. The molecule has 6 nitrogen and oxygen atoms in total. The van der Waals surface area contributed by atoms with Crippen LogP contribution in [0.4, 0.5) is 9.18 Å². The first-order valence-corrected chi connectivity index (χ1v) is 6.50. The van der Waals surface area contributed by atoms with Gasteiger partial charge in [0.1, 0.15) is 11.9 Å². The van der Waals surface area contributed by atoms with Crippen LogP contribution in [0.2, 0.25) is 0 Å². The first kappa shape index (κ1) is 16.9. The summed E-state index contributed by atoms with van der Waals surface area (Å²) in [6.07, 6.45) is -0.0943. The average molecular weight is 298 g/mol. The minimum absolute atomic E-state index is 0.0943. The Hall–Kier alpha value is -2.15. The van der Waals surface area contributed by atoms with Crippen molar-refractivity contribution in [1.82, 2.24) is 10.2 Å². The topological polar surface area (TPSA) is 89.9 Å². The first-order chi connectivity index (χ1) is 9.88. The molecule has 21 heavy (non-hydrogen) atoms. The third kappa shape index (κ3) is 4.42. The Labute approximate surface area is 122 Å². The third-order valence-corrected chi connectivity index (χ3v) is 3.27. The number of rotatable bonds is 6. The molecule has 0 saturated carbocycles. The molecule has 0 bridgehead atoms. The van der Waals surface area contributed by atoms with Crippen molar-refractivity contribution >= 4 is 12.0 Å². The van der Waals surface area contributed by atoms with Gasteiger partial charge in [-0.05, 0) is 13.0 Å². The smallest absolute Gasteiger partial charge is 0.326 e. The number of urea groups is 1. The molecule has 0 radical (unpaired) electrons. The molecule has 0 aromatic heterocycles. The van der Waals surface area contributed by atoms with Crippen molar-refractivity contribution in [1.29, 1.82) is 0 Å². The molecule has 0 aliphatic heterocycles. The lowest BCUT2D eigenvalue weighted by Gasteiger charge is -2.27. The SMILES string of the molecule is CC(c1ccccc1F)N(C)C(=O)N[C@H](CCO)C(=O)O. The van der Waals surface area contributed by atoms with Gasteiger partial charge in [-0.15, -0.1) is 0 Å². The van der Waals surface area contributed by atoms with Crippen LogP contribution in [0.25, 0.3) is 0 Å². The fourth-order valence-electron chi connectivity index (χ4n) is 1.84. The van der Waals surface area contributed by atoms with Gasteiger partial charge >= 0.3 is 12.0 Å². The summed E-state index contributed by atoms with van der Waals surface area (Å²) in [4.78, 5) is 24.2. The molecule has 1 rings (SSSR count). The molecule has 0 aliphatic rings. The first-order valence-electron chi connectivity index (χ1n) is 6.50. The number of aliphatic hydroxyl groups is 1. The zero-order valence-electron chi connectivity index (χ0n) is 11.9. The molecule has 0 aliphatic carbocycles. The van der Waals surface area contributed by atoms with Gasteiger partial charge in [-0.2, -0.15) is 0 Å². The number of carboxylic acid groups (broad SMARTS) is 1. The number of halogens is 1. The fraction of sp³-hybridized carbons (Fsp3) is 0.429. The Morgan fingerprint density at radius 2 is 2.00 bits per heavy atom. The molecule has 2 atom stereocenters. The second kappa shape index (κ2) is 7.58. The van der Waals surface area contributed by atoms with Crippen molar-refractivity contribution in [3.05, 3.63) is 35.6 Å². The third-order valence-electron chi connectivity index (χ3n) is 3.27. The van der Waals surface area contributed by atoms with E-state index >= 15 is 0 Å². The predicted octanol–water partition coefficient (Wildman–Crippen LogP) is 1.36. The second-order valence-corrected chi connectivity index (χ2v) is 4.66. The molecule has 0 spiro atoms. The van der Waals surface area contributed by atoms with Crippen LogP contribution in [0.15, 0.2) is 24.3 Å². The molecule has 0 heterocycles. The summed E-state index contributed by atoms with van der Waals surface area (Å²) in [7, 11) is 1.45. The highest BCUT2D eigenvalue weighted by Crippen LogP contribution is 2.21. The highest BCUT2D eigenvalue weighted by molar-refractivity contribution is 5.82. The molecule has 0 fully saturated rings. The summed E-state index contributed by atoms with van der Waals surface area (Å²) in [6.45, 7) is 1.28. The normalized spacial score (nSPS) is 13.3. The van der Waals surface area contributed by atoms with Gasteiger partial charge < -0.3 is 20.4 Å². The van der Waals surface area contributed by atoms with E-state index in [1.54, 1.807) is 25.1 Å². The van der Waals surface area contributed by atoms with Gasteiger partial charge in [0.05, 0.1) is 6.04 Å². The standard InChI is InChI=1S/C14H19FN2O4/c1-9(10-5-3-4-6-11(10)15)17(2)14(21)16-12(7-8-18)13(19)20/h3-6,9,12,18H,7-8H2,1-2H3,(H,16,21)(H,19,20)/t9?,12-/m1/s1. The van der Waals surface area contributed by atoms with Crippen LogP contribution in [0, 0.1) is 5.82 Å². The summed E-state index contributed by atoms with van der Waals surface area (Å²) in [5, 5.41) is 20.0. The van der Waals surface area contributed by atoms with Gasteiger partial charge in [0.15, 0.2) is 0 Å². The largest absolute Gasteiger partial charge is 0.480 e. The highest BCUT2D eigenvalue weighted by atomic mass is 19.1. The van der Waals surface area contributed by atoms with E-state index in [0.29, 0.717) is 5.56 Å². The number of benzene rings is 1. The molecular weight excluding hydrogens is 279 g/mol. The van der Waals surface area contributed by atoms with Gasteiger partial charge in [0, 0.05) is 25.6 Å². The summed E-state index contributed by atoms with van der Waals surface area (Å²) in [6, 6.07) is 3.68. The summed E-state index contributed by atoms with van der Waals surface area (Å²) >= 11 is 0. The molecule has 116 valence electrons. The number of nitrogens with one attached hydrogen (secondary N) is 1. The molecule has 2 amide bonds. The molecule has 3 N–H and O–H groups in total. The monoisotopic (exact) mass is 298 g/mol. The van der Waals surface area contributed by atoms with E-state index in [1.165, 1.54) is 18.0 Å². The van der Waals surface area contributed by atoms with Crippen LogP contribution in [0.5, 0.6) is 0 Å². The number of carbonyl (C=O) groups excluding carboxylic acids is 1. The van der Waals surface area contributed by atoms with E-state index in [0.717, 1.165) is 0 Å². The molecule has 1 aromatic rings. The van der Waals surface area contributed by atoms with Gasteiger partial charge in [-0.25, -0.2) is 14.0 Å². The van der Waals surface area contributed by atoms with E-state index in [-0.39, 0.29) is 13.0 Å². The van der Waals surface area contributed by atoms with Gasteiger partial charge in [0.2, 0.25) is 0 Å². The van der Waals surface area contributed by atoms with Crippen molar-refractivity contribution in [2.24, 2.45) is 0 Å². The van der Waals surface area contributed by atoms with Crippen molar-refractivity contribution in [2.75, 3.05) is 13.7 Å². The summed E-state index contributed by atoms with van der Waals surface area (Å²) in [5.74, 6) is -1.67. The number of carbonyl (C=O) groups is 2. The van der Waals surface area contributed by atoms with Gasteiger partial charge in [0.25, 0.3) is 0 Å². The van der Waals surface area contributed by atoms with Crippen molar-refractivity contribution in [3.8, 4) is 0 Å². The molecule has 0 saturated heterocycles. The quantitative estimate of drug-likeness (QED) is 0.740. The Bertz CT molecular complexity index is 510. The number of nitrogens with zero attached hydrogens (tertiary/aromatic N) is 1. The maximum Gasteiger partial charge on any atom is 0.326 e. The summed E-state index contributed by atoms with van der Waals surface area (Å²) in [5.41, 5.74) is 0.337. The highest BCUT2D eigenvalue weighted by Gasteiger charge is 2.24. The van der Waals surface area contributed by atoms with E-state index in [1.807, 2.05) is 0 Å². The minimum atomic E-state index is -1.23. The number of amides is 2. The number of aliphatic carboxylic acids is 1. The Balaban J connectivity index is 2.78. The fourth-order valence-corrected chi connectivity index (χ4v) is 1.84. The lowest BCUT2D eigenvalue weighted by atomic mass is 10.1. The maximum atomic E-state index is 13.7. The van der Waals surface area contributed by atoms with Crippen LogP contribution in [-0.2, 0) is 4.79 Å². The van der Waals surface area contributed by atoms with Gasteiger partial charge in [-0.3, -0.25) is 0 Å². The van der Waals surface area contributed by atoms with Crippen LogP contribution >= 0.6 is 0 Å². The van der Waals surface area contributed by atoms with E-state index in [9.17, 15) is 14.0 Å². The second-order valence-electron chi connectivity index (χ2n) is 4.66. The average Bonchev–Trinajstić information content (AvgIpc) is 2.45. The van der Waals surface area contributed by atoms with Crippen LogP contribution in [-0.4, -0.2) is 46.8 Å². The molecule has 7 heteroatoms. The zero-order valence-corrected chi connectivity index (χ0v) is 11.9. The molecule has 1 unspecified atom stereocenters. The zero-order chi connectivity index (χ0) is 16.0. The van der Waals surface area contributed by atoms with Crippen LogP contribution in [0.3, 0.4) is 0 Å². The lowest BCUT2D eigenvalue weighted by Crippen LogP contribution is -2.47. The number of carboxylic acids is 1. The van der Waals surface area contributed by atoms with E-state index in [4.69, 9.17) is 10.2 Å². The van der Waals surface area contributed by atoms with Crippen molar-refractivity contribution in [3.63, 3.8) is 0 Å². The number of hydrogen-bond donors (Lipinski definition) is 3. The van der Waals surface area contributed by atoms with Crippen molar-refractivity contribution < 1.29 is 24.2 Å². The van der Waals surface area contributed by atoms with Gasteiger partial charge in [-0.1, -0.05) is 18.2 Å². The number of aliphatic hydroxyl groups excluding tert-OH is 1. The van der Waals surface area contributed by atoms with Crippen LogP contribution < -0.4 is 5.32 Å². The maximum absolute atomic E-state index is 13.7. The molecule has 1 aromatic carbocycles. The van der Waals surface area contributed by atoms with E-state index < -0.39 is 29.9 Å².